The van der Waals surface area contributed by atoms with Gasteiger partial charge in [-0.15, -0.1) is 5.10 Å². The number of pyridine rings is 1. The number of nitrogens with zero attached hydrogens (tertiary/aromatic N) is 4. The highest BCUT2D eigenvalue weighted by Crippen LogP contribution is 2.30. The van der Waals surface area contributed by atoms with Gasteiger partial charge in [0.2, 0.25) is 5.88 Å². The van der Waals surface area contributed by atoms with E-state index in [1.165, 1.54) is 4.52 Å². The molecule has 0 saturated carbocycles. The van der Waals surface area contributed by atoms with Crippen LogP contribution in [0.2, 0.25) is 0 Å². The van der Waals surface area contributed by atoms with Crippen LogP contribution in [0.3, 0.4) is 0 Å². The summed E-state index contributed by atoms with van der Waals surface area (Å²) in [7, 11) is 0. The third-order valence-electron chi connectivity index (χ3n) is 4.55. The number of ether oxygens (including phenoxy) is 1. The van der Waals surface area contributed by atoms with Gasteiger partial charge in [0.1, 0.15) is 11.5 Å². The summed E-state index contributed by atoms with van der Waals surface area (Å²) < 4.78 is 7.19. The molecular weight excluding hydrogens is 378 g/mol. The average molecular weight is 395 g/mol. The molecule has 146 valence electrons. The number of nitrogens with one attached hydrogen (secondary N) is 1. The van der Waals surface area contributed by atoms with Crippen LogP contribution in [0.1, 0.15) is 0 Å². The molecule has 5 aromatic rings. The maximum atomic E-state index is 10.7. The predicted molar refractivity (Wildman–Crippen MR) is 114 cm³/mol. The standard InChI is InChI=1S/C23H17N5O2/c29-23-20(16-4-2-1-3-5-16)15-25-22-14-21(27-28(22)23)26-17-6-8-18(9-7-17)30-19-10-12-24-13-11-19/h1-15,29H,(H,26,27). The third-order valence-corrected chi connectivity index (χ3v) is 4.55. The molecule has 0 radical (unpaired) electrons. The molecule has 0 aliphatic carbocycles. The summed E-state index contributed by atoms with van der Waals surface area (Å²) in [6.07, 6.45) is 5.01. The van der Waals surface area contributed by atoms with Crippen LogP contribution in [-0.4, -0.2) is 24.7 Å². The topological polar surface area (TPSA) is 84.6 Å². The Bertz CT molecular complexity index is 1290. The lowest BCUT2D eigenvalue weighted by Crippen LogP contribution is -1.95. The predicted octanol–water partition coefficient (Wildman–Crippen LogP) is 5.03. The Kier molecular flexibility index (Phi) is 4.46. The van der Waals surface area contributed by atoms with E-state index in [4.69, 9.17) is 4.74 Å². The van der Waals surface area contributed by atoms with Gasteiger partial charge in [-0.25, -0.2) is 4.98 Å². The van der Waals surface area contributed by atoms with E-state index in [1.54, 1.807) is 36.8 Å². The second-order valence-corrected chi connectivity index (χ2v) is 6.60. The van der Waals surface area contributed by atoms with E-state index in [2.05, 4.69) is 20.4 Å². The van der Waals surface area contributed by atoms with E-state index in [0.29, 0.717) is 22.8 Å². The monoisotopic (exact) mass is 395 g/mol. The number of benzene rings is 2. The molecule has 0 bridgehead atoms. The molecule has 3 heterocycles. The van der Waals surface area contributed by atoms with Crippen LogP contribution in [0.15, 0.2) is 91.4 Å². The number of fused-ring (bicyclic) bond motifs is 1. The van der Waals surface area contributed by atoms with E-state index in [0.717, 1.165) is 17.0 Å². The number of rotatable bonds is 5. The van der Waals surface area contributed by atoms with Crippen molar-refractivity contribution >= 4 is 17.2 Å². The van der Waals surface area contributed by atoms with Crippen molar-refractivity contribution in [3.8, 4) is 28.5 Å². The Balaban J connectivity index is 1.37. The average Bonchev–Trinajstić information content (AvgIpc) is 3.20. The molecule has 0 spiro atoms. The minimum absolute atomic E-state index is 0.0420. The van der Waals surface area contributed by atoms with E-state index < -0.39 is 0 Å². The first-order valence-electron chi connectivity index (χ1n) is 9.34. The van der Waals surface area contributed by atoms with Crippen molar-refractivity contribution in [2.24, 2.45) is 0 Å². The number of hydrogen-bond acceptors (Lipinski definition) is 6. The van der Waals surface area contributed by atoms with E-state index in [-0.39, 0.29) is 5.88 Å². The summed E-state index contributed by atoms with van der Waals surface area (Å²) in [6, 6.07) is 22.5. The fourth-order valence-corrected chi connectivity index (χ4v) is 3.10. The molecule has 0 aliphatic rings. The molecule has 0 saturated heterocycles. The summed E-state index contributed by atoms with van der Waals surface area (Å²) in [5, 5.41) is 18.3. The summed E-state index contributed by atoms with van der Waals surface area (Å²) >= 11 is 0. The molecule has 5 rings (SSSR count). The van der Waals surface area contributed by atoms with Gasteiger partial charge in [0.05, 0.1) is 5.56 Å². The van der Waals surface area contributed by atoms with Crippen molar-refractivity contribution in [1.29, 1.82) is 0 Å². The molecule has 0 fully saturated rings. The molecule has 3 aromatic heterocycles. The van der Waals surface area contributed by atoms with E-state index in [9.17, 15) is 5.11 Å². The molecule has 0 amide bonds. The van der Waals surface area contributed by atoms with Crippen molar-refractivity contribution in [3.63, 3.8) is 0 Å². The summed E-state index contributed by atoms with van der Waals surface area (Å²) in [4.78, 5) is 8.39. The first-order chi connectivity index (χ1) is 14.8. The zero-order valence-electron chi connectivity index (χ0n) is 15.8. The molecule has 0 atom stereocenters. The highest BCUT2D eigenvalue weighted by atomic mass is 16.5. The summed E-state index contributed by atoms with van der Waals surface area (Å²) in [5.74, 6) is 2.06. The SMILES string of the molecule is Oc1c(-c2ccccc2)cnc2cc(Nc3ccc(Oc4ccncc4)cc3)nn12. The number of aromatic hydroxyl groups is 1. The van der Waals surface area contributed by atoms with E-state index in [1.807, 2.05) is 54.6 Å². The van der Waals surface area contributed by atoms with Crippen LogP contribution in [0.4, 0.5) is 11.5 Å². The van der Waals surface area contributed by atoms with Gasteiger partial charge in [-0.2, -0.15) is 4.52 Å². The molecule has 30 heavy (non-hydrogen) atoms. The van der Waals surface area contributed by atoms with Crippen LogP contribution >= 0.6 is 0 Å². The van der Waals surface area contributed by atoms with Crippen molar-refractivity contribution in [2.75, 3.05) is 5.32 Å². The van der Waals surface area contributed by atoms with Gasteiger partial charge in [-0.3, -0.25) is 4.98 Å². The fraction of sp³-hybridized carbons (Fsp3) is 0. The molecular formula is C23H17N5O2. The lowest BCUT2D eigenvalue weighted by molar-refractivity contribution is 0.438. The summed E-state index contributed by atoms with van der Waals surface area (Å²) in [5.41, 5.74) is 2.88. The fourth-order valence-electron chi connectivity index (χ4n) is 3.10. The Morgan fingerprint density at radius 2 is 1.60 bits per heavy atom. The lowest BCUT2D eigenvalue weighted by atomic mass is 10.1. The quantitative estimate of drug-likeness (QED) is 0.434. The lowest BCUT2D eigenvalue weighted by Gasteiger charge is -2.07. The van der Waals surface area contributed by atoms with Crippen LogP contribution in [0, 0.1) is 0 Å². The molecule has 2 aromatic carbocycles. The van der Waals surface area contributed by atoms with Gasteiger partial charge >= 0.3 is 0 Å². The molecule has 7 heteroatoms. The second-order valence-electron chi connectivity index (χ2n) is 6.60. The van der Waals surface area contributed by atoms with Gasteiger partial charge in [-0.1, -0.05) is 30.3 Å². The zero-order valence-corrected chi connectivity index (χ0v) is 15.8. The van der Waals surface area contributed by atoms with Crippen molar-refractivity contribution in [2.45, 2.75) is 0 Å². The van der Waals surface area contributed by atoms with Crippen LogP contribution in [-0.2, 0) is 0 Å². The molecule has 2 N–H and O–H groups in total. The Labute approximate surface area is 172 Å². The van der Waals surface area contributed by atoms with Gasteiger partial charge in [0.25, 0.3) is 0 Å². The molecule has 0 aliphatic heterocycles. The van der Waals surface area contributed by atoms with Gasteiger partial charge in [0.15, 0.2) is 11.5 Å². The minimum Gasteiger partial charge on any atom is -0.493 e. The van der Waals surface area contributed by atoms with Crippen molar-refractivity contribution < 1.29 is 9.84 Å². The normalized spacial score (nSPS) is 10.8. The molecule has 7 nitrogen and oxygen atoms in total. The van der Waals surface area contributed by atoms with Crippen LogP contribution in [0.5, 0.6) is 17.4 Å². The van der Waals surface area contributed by atoms with Crippen LogP contribution in [0.25, 0.3) is 16.8 Å². The summed E-state index contributed by atoms with van der Waals surface area (Å²) in [6.45, 7) is 0. The smallest absolute Gasteiger partial charge is 0.223 e. The minimum atomic E-state index is 0.0420. The first-order valence-corrected chi connectivity index (χ1v) is 9.34. The number of anilines is 2. The van der Waals surface area contributed by atoms with Gasteiger partial charge in [-0.05, 0) is 42.0 Å². The highest BCUT2D eigenvalue weighted by molar-refractivity contribution is 5.70. The van der Waals surface area contributed by atoms with Crippen molar-refractivity contribution in [3.05, 3.63) is 91.4 Å². The Morgan fingerprint density at radius 1 is 0.867 bits per heavy atom. The second kappa shape index (κ2) is 7.56. The third kappa shape index (κ3) is 3.51. The van der Waals surface area contributed by atoms with Gasteiger partial charge < -0.3 is 15.2 Å². The van der Waals surface area contributed by atoms with Gasteiger partial charge in [0, 0.05) is 30.3 Å². The maximum absolute atomic E-state index is 10.7. The zero-order chi connectivity index (χ0) is 20.3. The number of aromatic nitrogens is 4. The number of hydrogen-bond donors (Lipinski definition) is 2. The Hall–Kier alpha value is -4.39. The Morgan fingerprint density at radius 3 is 2.37 bits per heavy atom. The maximum Gasteiger partial charge on any atom is 0.223 e. The van der Waals surface area contributed by atoms with Crippen LogP contribution < -0.4 is 10.1 Å². The first kappa shape index (κ1) is 17.7. The van der Waals surface area contributed by atoms with Crippen molar-refractivity contribution in [1.82, 2.24) is 19.6 Å². The molecule has 0 unspecified atom stereocenters. The highest BCUT2D eigenvalue weighted by Gasteiger charge is 2.12. The van der Waals surface area contributed by atoms with E-state index >= 15 is 0 Å². The largest absolute Gasteiger partial charge is 0.493 e.